The highest BCUT2D eigenvalue weighted by Crippen LogP contribution is 2.40. The number of hydrogen-bond acceptors (Lipinski definition) is 5. The van der Waals surface area contributed by atoms with Crippen molar-refractivity contribution in [3.05, 3.63) is 54.0 Å². The highest BCUT2D eigenvalue weighted by molar-refractivity contribution is 5.77. The van der Waals surface area contributed by atoms with Crippen LogP contribution in [0.3, 0.4) is 0 Å². The van der Waals surface area contributed by atoms with Crippen LogP contribution in [0.25, 0.3) is 0 Å². The summed E-state index contributed by atoms with van der Waals surface area (Å²) in [4.78, 5) is 25.6. The average molecular weight is 361 g/mol. The Kier molecular flexibility index (Phi) is 4.76. The first-order valence-corrected chi connectivity index (χ1v) is 9.46. The van der Waals surface area contributed by atoms with E-state index in [0.717, 1.165) is 50.4 Å². The third-order valence-electron chi connectivity index (χ3n) is 5.69. The van der Waals surface area contributed by atoms with E-state index in [1.165, 1.54) is 0 Å². The molecule has 2 aromatic heterocycles. The zero-order valence-corrected chi connectivity index (χ0v) is 15.3. The van der Waals surface area contributed by atoms with Crippen LogP contribution in [0.4, 0.5) is 5.82 Å². The molecule has 2 saturated heterocycles. The first kappa shape index (κ1) is 17.5. The normalized spacial score (nSPS) is 22.7. The standard InChI is InChI=1S/C21H23N5O/c22-12-17-5-6-19(24-13-17)25-11-3-8-21(15-25)9-7-20(27)26(16-21)14-18-4-1-2-10-23-18/h1-2,4-6,10,13H,3,7-9,11,14-16H2. The Morgan fingerprint density at radius 2 is 2.07 bits per heavy atom. The van der Waals surface area contributed by atoms with Crippen LogP contribution in [0.15, 0.2) is 42.7 Å². The molecule has 0 aromatic carbocycles. The summed E-state index contributed by atoms with van der Waals surface area (Å²) in [6.07, 6.45) is 7.16. The molecule has 1 spiro atoms. The van der Waals surface area contributed by atoms with Gasteiger partial charge in [-0.3, -0.25) is 9.78 Å². The quantitative estimate of drug-likeness (QED) is 0.840. The number of pyridine rings is 2. The van der Waals surface area contributed by atoms with E-state index in [-0.39, 0.29) is 11.3 Å². The lowest BCUT2D eigenvalue weighted by atomic mass is 9.73. The molecule has 0 radical (unpaired) electrons. The van der Waals surface area contributed by atoms with Crippen LogP contribution in [0.1, 0.15) is 36.9 Å². The first-order valence-electron chi connectivity index (χ1n) is 9.46. The van der Waals surface area contributed by atoms with Gasteiger partial charge in [-0.1, -0.05) is 6.07 Å². The van der Waals surface area contributed by atoms with E-state index < -0.39 is 0 Å². The molecule has 1 amide bonds. The zero-order chi connectivity index (χ0) is 18.7. The van der Waals surface area contributed by atoms with Crippen LogP contribution in [-0.4, -0.2) is 40.4 Å². The molecule has 27 heavy (non-hydrogen) atoms. The number of rotatable bonds is 3. The monoisotopic (exact) mass is 361 g/mol. The second-order valence-corrected chi connectivity index (χ2v) is 7.61. The lowest BCUT2D eigenvalue weighted by Crippen LogP contribution is -2.54. The second-order valence-electron chi connectivity index (χ2n) is 7.61. The second kappa shape index (κ2) is 7.36. The van der Waals surface area contributed by atoms with Gasteiger partial charge in [0.15, 0.2) is 0 Å². The van der Waals surface area contributed by atoms with E-state index in [1.54, 1.807) is 12.4 Å². The van der Waals surface area contributed by atoms with E-state index >= 15 is 0 Å². The van der Waals surface area contributed by atoms with Crippen molar-refractivity contribution in [3.63, 3.8) is 0 Å². The minimum absolute atomic E-state index is 0.108. The molecule has 1 atom stereocenters. The van der Waals surface area contributed by atoms with E-state index in [4.69, 9.17) is 5.26 Å². The minimum atomic E-state index is 0.108. The van der Waals surface area contributed by atoms with Crippen molar-refractivity contribution < 1.29 is 4.79 Å². The molecule has 0 saturated carbocycles. The van der Waals surface area contributed by atoms with Crippen molar-refractivity contribution in [1.29, 1.82) is 5.26 Å². The van der Waals surface area contributed by atoms with Crippen molar-refractivity contribution in [1.82, 2.24) is 14.9 Å². The molecule has 0 bridgehead atoms. The zero-order valence-electron chi connectivity index (χ0n) is 15.3. The maximum absolute atomic E-state index is 12.5. The van der Waals surface area contributed by atoms with E-state index in [9.17, 15) is 4.79 Å². The molecule has 1 unspecified atom stereocenters. The van der Waals surface area contributed by atoms with Gasteiger partial charge < -0.3 is 9.80 Å². The van der Waals surface area contributed by atoms with Gasteiger partial charge in [-0.2, -0.15) is 5.26 Å². The molecule has 0 aliphatic carbocycles. The SMILES string of the molecule is N#Cc1ccc(N2CCCC3(CCC(=O)N(Cc4ccccn4)C3)C2)nc1. The third kappa shape index (κ3) is 3.77. The molecule has 2 aliphatic rings. The number of amides is 1. The Balaban J connectivity index is 1.49. The van der Waals surface area contributed by atoms with Gasteiger partial charge in [0.1, 0.15) is 11.9 Å². The molecule has 6 heteroatoms. The van der Waals surface area contributed by atoms with E-state index in [0.29, 0.717) is 18.5 Å². The summed E-state index contributed by atoms with van der Waals surface area (Å²) in [6, 6.07) is 11.7. The number of carbonyl (C=O) groups excluding carboxylic acids is 1. The molecule has 2 aromatic rings. The number of nitrogens with zero attached hydrogens (tertiary/aromatic N) is 5. The van der Waals surface area contributed by atoms with Gasteiger partial charge in [0.05, 0.1) is 17.8 Å². The van der Waals surface area contributed by atoms with Gasteiger partial charge in [-0.25, -0.2) is 4.98 Å². The van der Waals surface area contributed by atoms with Crippen LogP contribution in [0.2, 0.25) is 0 Å². The number of anilines is 1. The predicted molar refractivity (Wildman–Crippen MR) is 102 cm³/mol. The number of piperidine rings is 2. The predicted octanol–water partition coefficient (Wildman–Crippen LogP) is 2.76. The van der Waals surface area contributed by atoms with Crippen molar-refractivity contribution in [3.8, 4) is 6.07 Å². The van der Waals surface area contributed by atoms with Gasteiger partial charge in [-0.05, 0) is 43.5 Å². The van der Waals surface area contributed by atoms with Crippen molar-refractivity contribution in [2.24, 2.45) is 5.41 Å². The summed E-state index contributed by atoms with van der Waals surface area (Å²) in [5.41, 5.74) is 1.62. The molecule has 0 N–H and O–H groups in total. The van der Waals surface area contributed by atoms with Gasteiger partial charge >= 0.3 is 0 Å². The molecular formula is C21H23N5O. The Hall–Kier alpha value is -2.94. The number of hydrogen-bond donors (Lipinski definition) is 0. The maximum Gasteiger partial charge on any atom is 0.222 e. The minimum Gasteiger partial charge on any atom is -0.356 e. The van der Waals surface area contributed by atoms with Crippen molar-refractivity contribution in [2.45, 2.75) is 32.2 Å². The molecule has 138 valence electrons. The van der Waals surface area contributed by atoms with Gasteiger partial charge in [0.25, 0.3) is 0 Å². The third-order valence-corrected chi connectivity index (χ3v) is 5.69. The average Bonchev–Trinajstić information content (AvgIpc) is 2.72. The number of aromatic nitrogens is 2. The number of nitriles is 1. The highest BCUT2D eigenvalue weighted by atomic mass is 16.2. The summed E-state index contributed by atoms with van der Waals surface area (Å²) in [5, 5.41) is 8.97. The fourth-order valence-corrected chi connectivity index (χ4v) is 4.31. The molecule has 2 aliphatic heterocycles. The Morgan fingerprint density at radius 1 is 1.15 bits per heavy atom. The Morgan fingerprint density at radius 3 is 2.81 bits per heavy atom. The lowest BCUT2D eigenvalue weighted by Gasteiger charge is -2.48. The van der Waals surface area contributed by atoms with Crippen LogP contribution in [-0.2, 0) is 11.3 Å². The van der Waals surface area contributed by atoms with Gasteiger partial charge in [-0.15, -0.1) is 0 Å². The number of likely N-dealkylation sites (tertiary alicyclic amines) is 1. The maximum atomic E-state index is 12.5. The largest absolute Gasteiger partial charge is 0.356 e. The van der Waals surface area contributed by atoms with Crippen LogP contribution < -0.4 is 4.90 Å². The fourth-order valence-electron chi connectivity index (χ4n) is 4.31. The van der Waals surface area contributed by atoms with E-state index in [2.05, 4.69) is 20.9 Å². The Bertz CT molecular complexity index is 845. The van der Waals surface area contributed by atoms with Crippen LogP contribution in [0.5, 0.6) is 0 Å². The highest BCUT2D eigenvalue weighted by Gasteiger charge is 2.42. The fraction of sp³-hybridized carbons (Fsp3) is 0.429. The summed E-state index contributed by atoms with van der Waals surface area (Å²) in [6.45, 7) is 3.22. The molecule has 6 nitrogen and oxygen atoms in total. The molecule has 2 fully saturated rings. The lowest BCUT2D eigenvalue weighted by molar-refractivity contribution is -0.138. The molecule has 4 rings (SSSR count). The molecule has 4 heterocycles. The van der Waals surface area contributed by atoms with Crippen molar-refractivity contribution >= 4 is 11.7 Å². The summed E-state index contributed by atoms with van der Waals surface area (Å²) in [5.74, 6) is 1.14. The van der Waals surface area contributed by atoms with Gasteiger partial charge in [0, 0.05) is 43.9 Å². The molecular weight excluding hydrogens is 338 g/mol. The summed E-state index contributed by atoms with van der Waals surface area (Å²) >= 11 is 0. The van der Waals surface area contributed by atoms with Crippen LogP contribution in [0, 0.1) is 16.7 Å². The topological polar surface area (TPSA) is 73.1 Å². The van der Waals surface area contributed by atoms with Crippen molar-refractivity contribution in [2.75, 3.05) is 24.5 Å². The van der Waals surface area contributed by atoms with E-state index in [1.807, 2.05) is 35.2 Å². The first-order chi connectivity index (χ1) is 13.2. The smallest absolute Gasteiger partial charge is 0.222 e. The van der Waals surface area contributed by atoms with Crippen LogP contribution >= 0.6 is 0 Å². The number of carbonyl (C=O) groups is 1. The van der Waals surface area contributed by atoms with Gasteiger partial charge in [0.2, 0.25) is 5.91 Å². The summed E-state index contributed by atoms with van der Waals surface area (Å²) < 4.78 is 0. The Labute approximate surface area is 159 Å². The summed E-state index contributed by atoms with van der Waals surface area (Å²) in [7, 11) is 0.